The van der Waals surface area contributed by atoms with E-state index in [2.05, 4.69) is 5.32 Å². The number of carbonyl (C=O) groups is 3. The predicted octanol–water partition coefficient (Wildman–Crippen LogP) is 3.40. The molecule has 1 aromatic carbocycles. The zero-order chi connectivity index (χ0) is 20.5. The zero-order valence-corrected chi connectivity index (χ0v) is 17.7. The lowest BCUT2D eigenvalue weighted by Gasteiger charge is -2.16. The molecule has 1 saturated carbocycles. The van der Waals surface area contributed by atoms with Crippen molar-refractivity contribution in [2.45, 2.75) is 62.3 Å². The molecule has 0 spiro atoms. The SMILES string of the molecule is O=C(COC(=O)c1ccccc1SCC(=O)N1CCCC1)NC1CCCCCC1. The third-order valence-corrected chi connectivity index (χ3v) is 6.53. The Morgan fingerprint density at radius 2 is 1.69 bits per heavy atom. The summed E-state index contributed by atoms with van der Waals surface area (Å²) in [6.45, 7) is 1.36. The van der Waals surface area contributed by atoms with Gasteiger partial charge in [0.2, 0.25) is 5.91 Å². The van der Waals surface area contributed by atoms with Crippen molar-refractivity contribution in [3.05, 3.63) is 29.8 Å². The number of ether oxygens (including phenoxy) is 1. The molecular weight excluding hydrogens is 388 g/mol. The van der Waals surface area contributed by atoms with Crippen LogP contribution in [0.25, 0.3) is 0 Å². The summed E-state index contributed by atoms with van der Waals surface area (Å²) in [4.78, 5) is 39.5. The van der Waals surface area contributed by atoms with Crippen LogP contribution in [0.2, 0.25) is 0 Å². The van der Waals surface area contributed by atoms with Gasteiger partial charge in [-0.05, 0) is 37.8 Å². The van der Waals surface area contributed by atoms with Gasteiger partial charge in [0, 0.05) is 24.0 Å². The van der Waals surface area contributed by atoms with E-state index in [1.165, 1.54) is 24.6 Å². The van der Waals surface area contributed by atoms with Gasteiger partial charge in [-0.3, -0.25) is 9.59 Å². The summed E-state index contributed by atoms with van der Waals surface area (Å²) in [5.74, 6) is -0.386. The van der Waals surface area contributed by atoms with Gasteiger partial charge in [0.1, 0.15) is 0 Å². The number of amides is 2. The summed E-state index contributed by atoms with van der Waals surface area (Å²) in [6.07, 6.45) is 8.79. The highest BCUT2D eigenvalue weighted by atomic mass is 32.2. The normalized spacial score (nSPS) is 17.6. The maximum atomic E-state index is 12.5. The first-order chi connectivity index (χ1) is 14.1. The van der Waals surface area contributed by atoms with Crippen LogP contribution in [0.1, 0.15) is 61.7 Å². The van der Waals surface area contributed by atoms with Crippen LogP contribution in [-0.4, -0.2) is 54.2 Å². The van der Waals surface area contributed by atoms with E-state index in [0.29, 0.717) is 16.2 Å². The minimum atomic E-state index is -0.530. The quantitative estimate of drug-likeness (QED) is 0.417. The average Bonchev–Trinajstić information content (AvgIpc) is 3.16. The van der Waals surface area contributed by atoms with E-state index in [1.807, 2.05) is 17.0 Å². The van der Waals surface area contributed by atoms with Crippen LogP contribution in [-0.2, 0) is 14.3 Å². The van der Waals surface area contributed by atoms with Crippen molar-refractivity contribution in [3.63, 3.8) is 0 Å². The monoisotopic (exact) mass is 418 g/mol. The van der Waals surface area contributed by atoms with Crippen LogP contribution in [0, 0.1) is 0 Å². The molecule has 3 rings (SSSR count). The topological polar surface area (TPSA) is 75.7 Å². The molecule has 1 aliphatic heterocycles. The Morgan fingerprint density at radius 1 is 1.00 bits per heavy atom. The first kappa shape index (κ1) is 21.7. The zero-order valence-electron chi connectivity index (χ0n) is 16.9. The Balaban J connectivity index is 1.48. The van der Waals surface area contributed by atoms with Crippen LogP contribution in [0.4, 0.5) is 0 Å². The molecule has 158 valence electrons. The summed E-state index contributed by atoms with van der Waals surface area (Å²) in [5, 5.41) is 2.98. The number of carbonyl (C=O) groups excluding carboxylic acids is 3. The van der Waals surface area contributed by atoms with Crippen molar-refractivity contribution in [3.8, 4) is 0 Å². The van der Waals surface area contributed by atoms with E-state index in [4.69, 9.17) is 4.74 Å². The summed E-state index contributed by atoms with van der Waals surface area (Å²) in [5.41, 5.74) is 0.397. The molecule has 2 fully saturated rings. The number of thioether (sulfide) groups is 1. The molecule has 2 aliphatic rings. The van der Waals surface area contributed by atoms with Gasteiger partial charge in [-0.1, -0.05) is 37.8 Å². The van der Waals surface area contributed by atoms with Gasteiger partial charge in [-0.25, -0.2) is 4.79 Å². The third kappa shape index (κ3) is 6.77. The van der Waals surface area contributed by atoms with Crippen LogP contribution >= 0.6 is 11.8 Å². The number of rotatable bonds is 7. The van der Waals surface area contributed by atoms with Crippen LogP contribution in [0.15, 0.2) is 29.2 Å². The summed E-state index contributed by atoms with van der Waals surface area (Å²) in [6, 6.07) is 7.26. The van der Waals surface area contributed by atoms with E-state index in [9.17, 15) is 14.4 Å². The number of esters is 1. The summed E-state index contributed by atoms with van der Waals surface area (Å²) >= 11 is 1.34. The van der Waals surface area contributed by atoms with E-state index >= 15 is 0 Å². The van der Waals surface area contributed by atoms with E-state index in [1.54, 1.807) is 12.1 Å². The van der Waals surface area contributed by atoms with E-state index in [0.717, 1.165) is 51.6 Å². The Labute approximate surface area is 176 Å². The first-order valence-electron chi connectivity index (χ1n) is 10.6. The molecule has 0 atom stereocenters. The maximum absolute atomic E-state index is 12.5. The third-order valence-electron chi connectivity index (χ3n) is 5.47. The summed E-state index contributed by atoms with van der Waals surface area (Å²) in [7, 11) is 0. The standard InChI is InChI=1S/C22H30N2O4S/c25-20(23-17-9-3-1-2-4-10-17)15-28-22(27)18-11-5-6-12-19(18)29-16-21(26)24-13-7-8-14-24/h5-6,11-12,17H,1-4,7-10,13-16H2,(H,23,25). The number of hydrogen-bond donors (Lipinski definition) is 1. The fourth-order valence-corrected chi connectivity index (χ4v) is 4.80. The molecule has 0 unspecified atom stereocenters. The second-order valence-electron chi connectivity index (χ2n) is 7.70. The van der Waals surface area contributed by atoms with Gasteiger partial charge in [-0.15, -0.1) is 11.8 Å². The number of nitrogens with zero attached hydrogens (tertiary/aromatic N) is 1. The average molecular weight is 419 g/mol. The molecule has 6 nitrogen and oxygen atoms in total. The lowest BCUT2D eigenvalue weighted by molar-refractivity contribution is -0.127. The number of nitrogens with one attached hydrogen (secondary N) is 1. The first-order valence-corrected chi connectivity index (χ1v) is 11.6. The molecule has 1 heterocycles. The van der Waals surface area contributed by atoms with Gasteiger partial charge in [0.05, 0.1) is 11.3 Å². The van der Waals surface area contributed by atoms with Gasteiger partial charge in [-0.2, -0.15) is 0 Å². The smallest absolute Gasteiger partial charge is 0.339 e. The van der Waals surface area contributed by atoms with Gasteiger partial charge in [0.25, 0.3) is 5.91 Å². The van der Waals surface area contributed by atoms with Gasteiger partial charge >= 0.3 is 5.97 Å². The highest BCUT2D eigenvalue weighted by Gasteiger charge is 2.20. The van der Waals surface area contributed by atoms with Crippen LogP contribution in [0.3, 0.4) is 0 Å². The second kappa shape index (κ2) is 11.2. The molecule has 7 heteroatoms. The minimum Gasteiger partial charge on any atom is -0.452 e. The molecule has 1 aliphatic carbocycles. The molecule has 1 aromatic rings. The van der Waals surface area contributed by atoms with Gasteiger partial charge in [0.15, 0.2) is 6.61 Å². The number of hydrogen-bond acceptors (Lipinski definition) is 5. The molecule has 0 bridgehead atoms. The second-order valence-corrected chi connectivity index (χ2v) is 8.72. The minimum absolute atomic E-state index is 0.0958. The Bertz CT molecular complexity index is 711. The van der Waals surface area contributed by atoms with Crippen LogP contribution in [0.5, 0.6) is 0 Å². The largest absolute Gasteiger partial charge is 0.452 e. The maximum Gasteiger partial charge on any atom is 0.339 e. The van der Waals surface area contributed by atoms with Crippen molar-refractivity contribution in [2.75, 3.05) is 25.4 Å². The molecule has 1 N–H and O–H groups in total. The number of likely N-dealkylation sites (tertiary alicyclic amines) is 1. The Morgan fingerprint density at radius 3 is 2.41 bits per heavy atom. The molecule has 0 radical (unpaired) electrons. The van der Waals surface area contributed by atoms with Crippen molar-refractivity contribution < 1.29 is 19.1 Å². The van der Waals surface area contributed by atoms with Crippen molar-refractivity contribution >= 4 is 29.5 Å². The summed E-state index contributed by atoms with van der Waals surface area (Å²) < 4.78 is 5.25. The Kier molecular flexibility index (Phi) is 8.40. The van der Waals surface area contributed by atoms with Crippen molar-refractivity contribution in [2.24, 2.45) is 0 Å². The lowest BCUT2D eigenvalue weighted by Crippen LogP contribution is -2.37. The molecule has 0 aromatic heterocycles. The van der Waals surface area contributed by atoms with E-state index in [-0.39, 0.29) is 24.5 Å². The van der Waals surface area contributed by atoms with Crippen LogP contribution < -0.4 is 5.32 Å². The Hall–Kier alpha value is -2.02. The van der Waals surface area contributed by atoms with Crippen molar-refractivity contribution in [1.82, 2.24) is 10.2 Å². The predicted molar refractivity (Wildman–Crippen MR) is 113 cm³/mol. The fraction of sp³-hybridized carbons (Fsp3) is 0.591. The molecular formula is C22H30N2O4S. The number of benzene rings is 1. The highest BCUT2D eigenvalue weighted by Crippen LogP contribution is 2.24. The van der Waals surface area contributed by atoms with E-state index < -0.39 is 5.97 Å². The molecule has 29 heavy (non-hydrogen) atoms. The van der Waals surface area contributed by atoms with Gasteiger partial charge < -0.3 is 15.0 Å². The molecule has 1 saturated heterocycles. The fourth-order valence-electron chi connectivity index (χ4n) is 3.86. The van der Waals surface area contributed by atoms with Crippen molar-refractivity contribution in [1.29, 1.82) is 0 Å². The highest BCUT2D eigenvalue weighted by molar-refractivity contribution is 8.00. The molecule has 2 amide bonds. The lowest BCUT2D eigenvalue weighted by atomic mass is 10.1.